The number of benzene rings is 1. The smallest absolute Gasteiger partial charge is 0.356 e. The molecule has 1 N–H and O–H groups in total. The summed E-state index contributed by atoms with van der Waals surface area (Å²) >= 11 is 7.26. The maximum atomic E-state index is 11.1. The van der Waals surface area contributed by atoms with Crippen molar-refractivity contribution in [1.29, 1.82) is 0 Å². The van der Waals surface area contributed by atoms with Crippen LogP contribution in [0.3, 0.4) is 0 Å². The minimum atomic E-state index is -1.00. The van der Waals surface area contributed by atoms with Crippen molar-refractivity contribution >= 4 is 28.9 Å². The Morgan fingerprint density at radius 2 is 2.12 bits per heavy atom. The number of rotatable bonds is 2. The van der Waals surface area contributed by atoms with Gasteiger partial charge in [0.1, 0.15) is 0 Å². The second-order valence-electron chi connectivity index (χ2n) is 3.68. The second kappa shape index (κ2) is 4.47. The van der Waals surface area contributed by atoms with E-state index < -0.39 is 5.97 Å². The summed E-state index contributed by atoms with van der Waals surface area (Å²) in [5.41, 5.74) is 1.93. The number of nitrogens with zero attached hydrogens (tertiary/aromatic N) is 1. The van der Waals surface area contributed by atoms with Gasteiger partial charge in [0.05, 0.1) is 9.88 Å². The molecule has 0 spiro atoms. The molecule has 2 rings (SSSR count). The van der Waals surface area contributed by atoms with E-state index in [1.807, 2.05) is 19.1 Å². The van der Waals surface area contributed by atoms with Crippen LogP contribution in [0.2, 0.25) is 5.02 Å². The Hall–Kier alpha value is -1.39. The molecule has 1 aromatic heterocycles. The quantitative estimate of drug-likeness (QED) is 0.901. The molecule has 0 bridgehead atoms. The summed E-state index contributed by atoms with van der Waals surface area (Å²) in [6.45, 7) is 3.70. The van der Waals surface area contributed by atoms with E-state index in [0.29, 0.717) is 9.90 Å². The average molecular weight is 268 g/mol. The lowest BCUT2D eigenvalue weighted by Crippen LogP contribution is -1.99. The molecule has 0 saturated carbocycles. The fourth-order valence-corrected chi connectivity index (χ4v) is 2.86. The third-order valence-electron chi connectivity index (χ3n) is 2.37. The summed E-state index contributed by atoms with van der Waals surface area (Å²) in [5.74, 6) is -1.00. The van der Waals surface area contributed by atoms with Crippen molar-refractivity contribution < 1.29 is 9.90 Å². The van der Waals surface area contributed by atoms with Crippen LogP contribution in [-0.2, 0) is 0 Å². The van der Waals surface area contributed by atoms with Crippen LogP contribution in [0.5, 0.6) is 0 Å². The molecule has 17 heavy (non-hydrogen) atoms. The number of hydrogen-bond donors (Lipinski definition) is 1. The van der Waals surface area contributed by atoms with Gasteiger partial charge in [-0.2, -0.15) is 0 Å². The normalized spacial score (nSPS) is 10.5. The molecular formula is C12H10ClNO2S. The summed E-state index contributed by atoms with van der Waals surface area (Å²) in [6.07, 6.45) is 0. The molecule has 0 aliphatic heterocycles. The predicted octanol–water partition coefficient (Wildman–Crippen LogP) is 3.78. The van der Waals surface area contributed by atoms with Gasteiger partial charge in [-0.25, -0.2) is 9.78 Å². The van der Waals surface area contributed by atoms with Crippen LogP contribution < -0.4 is 0 Å². The Bertz CT molecular complexity index is 592. The zero-order valence-electron chi connectivity index (χ0n) is 9.32. The molecule has 3 nitrogen and oxygen atoms in total. The highest BCUT2D eigenvalue weighted by molar-refractivity contribution is 7.15. The van der Waals surface area contributed by atoms with Crippen LogP contribution in [0.4, 0.5) is 0 Å². The third kappa shape index (κ3) is 2.33. The molecule has 2 aromatic rings. The maximum Gasteiger partial charge on any atom is 0.356 e. The van der Waals surface area contributed by atoms with E-state index >= 15 is 0 Å². The number of carboxylic acid groups (broad SMARTS) is 1. The van der Waals surface area contributed by atoms with Crippen molar-refractivity contribution in [3.05, 3.63) is 39.5 Å². The van der Waals surface area contributed by atoms with Gasteiger partial charge in [-0.1, -0.05) is 17.7 Å². The van der Waals surface area contributed by atoms with Gasteiger partial charge in [-0.3, -0.25) is 0 Å². The molecule has 0 atom stereocenters. The molecule has 0 unspecified atom stereocenters. The van der Waals surface area contributed by atoms with Crippen LogP contribution in [0.15, 0.2) is 18.2 Å². The summed E-state index contributed by atoms with van der Waals surface area (Å²) < 4.78 is 0. The van der Waals surface area contributed by atoms with E-state index in [2.05, 4.69) is 4.98 Å². The SMILES string of the molecule is Cc1nc(C(=O)O)c(-c2ccc(Cl)cc2C)s1. The third-order valence-corrected chi connectivity index (χ3v) is 3.61. The monoisotopic (exact) mass is 267 g/mol. The molecule has 0 aliphatic carbocycles. The molecule has 1 aromatic carbocycles. The average Bonchev–Trinajstić information content (AvgIpc) is 2.60. The lowest BCUT2D eigenvalue weighted by Gasteiger charge is -2.04. The van der Waals surface area contributed by atoms with Gasteiger partial charge in [0, 0.05) is 5.02 Å². The molecule has 88 valence electrons. The van der Waals surface area contributed by atoms with Crippen molar-refractivity contribution in [3.8, 4) is 10.4 Å². The lowest BCUT2D eigenvalue weighted by atomic mass is 10.1. The lowest BCUT2D eigenvalue weighted by molar-refractivity contribution is 0.0692. The number of halogens is 1. The van der Waals surface area contributed by atoms with Gasteiger partial charge >= 0.3 is 5.97 Å². The molecule has 5 heteroatoms. The van der Waals surface area contributed by atoms with Crippen molar-refractivity contribution in [2.75, 3.05) is 0 Å². The van der Waals surface area contributed by atoms with Gasteiger partial charge in [0.2, 0.25) is 0 Å². The van der Waals surface area contributed by atoms with Gasteiger partial charge in [0.25, 0.3) is 0 Å². The van der Waals surface area contributed by atoms with Crippen molar-refractivity contribution in [3.63, 3.8) is 0 Å². The summed E-state index contributed by atoms with van der Waals surface area (Å²) in [5, 5.41) is 10.5. The largest absolute Gasteiger partial charge is 0.476 e. The Balaban J connectivity index is 2.63. The van der Waals surface area contributed by atoms with E-state index in [0.717, 1.165) is 16.1 Å². The summed E-state index contributed by atoms with van der Waals surface area (Å²) in [7, 11) is 0. The van der Waals surface area contributed by atoms with Crippen molar-refractivity contribution in [2.24, 2.45) is 0 Å². The molecule has 0 radical (unpaired) electrons. The first-order valence-electron chi connectivity index (χ1n) is 4.96. The van der Waals surface area contributed by atoms with Crippen LogP contribution >= 0.6 is 22.9 Å². The Morgan fingerprint density at radius 1 is 1.41 bits per heavy atom. The predicted molar refractivity (Wildman–Crippen MR) is 69.0 cm³/mol. The number of aromatic nitrogens is 1. The second-order valence-corrected chi connectivity index (χ2v) is 5.31. The molecule has 0 saturated heterocycles. The number of thiazole rings is 1. The van der Waals surface area contributed by atoms with Crippen LogP contribution in [0, 0.1) is 13.8 Å². The van der Waals surface area contributed by atoms with E-state index in [4.69, 9.17) is 16.7 Å². The van der Waals surface area contributed by atoms with E-state index in [-0.39, 0.29) is 5.69 Å². The summed E-state index contributed by atoms with van der Waals surface area (Å²) in [6, 6.07) is 5.40. The van der Waals surface area contributed by atoms with Crippen LogP contribution in [0.1, 0.15) is 21.1 Å². The van der Waals surface area contributed by atoms with Crippen molar-refractivity contribution in [2.45, 2.75) is 13.8 Å². The zero-order valence-corrected chi connectivity index (χ0v) is 10.9. The number of carboxylic acids is 1. The number of carbonyl (C=O) groups is 1. The number of aryl methyl sites for hydroxylation is 2. The van der Waals surface area contributed by atoms with E-state index in [1.54, 1.807) is 13.0 Å². The van der Waals surface area contributed by atoms with Gasteiger partial charge in [0.15, 0.2) is 5.69 Å². The van der Waals surface area contributed by atoms with Crippen LogP contribution in [0.25, 0.3) is 10.4 Å². The topological polar surface area (TPSA) is 50.2 Å². The molecular weight excluding hydrogens is 258 g/mol. The molecule has 0 amide bonds. The highest BCUT2D eigenvalue weighted by Gasteiger charge is 2.18. The summed E-state index contributed by atoms with van der Waals surface area (Å²) in [4.78, 5) is 15.8. The minimum Gasteiger partial charge on any atom is -0.476 e. The first kappa shape index (κ1) is 12.1. The zero-order chi connectivity index (χ0) is 12.6. The Labute approximate surface area is 108 Å². The van der Waals surface area contributed by atoms with Gasteiger partial charge in [-0.15, -0.1) is 11.3 Å². The molecule has 1 heterocycles. The highest BCUT2D eigenvalue weighted by Crippen LogP contribution is 2.33. The highest BCUT2D eigenvalue weighted by atomic mass is 35.5. The van der Waals surface area contributed by atoms with Gasteiger partial charge < -0.3 is 5.11 Å². The fraction of sp³-hybridized carbons (Fsp3) is 0.167. The first-order chi connectivity index (χ1) is 7.99. The maximum absolute atomic E-state index is 11.1. The Kier molecular flexibility index (Phi) is 3.17. The van der Waals surface area contributed by atoms with Crippen molar-refractivity contribution in [1.82, 2.24) is 4.98 Å². The van der Waals surface area contributed by atoms with Gasteiger partial charge in [-0.05, 0) is 37.1 Å². The number of hydrogen-bond acceptors (Lipinski definition) is 3. The van der Waals surface area contributed by atoms with E-state index in [9.17, 15) is 4.79 Å². The van der Waals surface area contributed by atoms with Crippen LogP contribution in [-0.4, -0.2) is 16.1 Å². The minimum absolute atomic E-state index is 0.109. The fourth-order valence-electron chi connectivity index (χ4n) is 1.64. The molecule has 0 aliphatic rings. The first-order valence-corrected chi connectivity index (χ1v) is 6.15. The van der Waals surface area contributed by atoms with E-state index in [1.165, 1.54) is 11.3 Å². The Morgan fingerprint density at radius 3 is 2.71 bits per heavy atom. The molecule has 0 fully saturated rings. The number of aromatic carboxylic acids is 1. The standard InChI is InChI=1S/C12H10ClNO2S/c1-6-5-8(13)3-4-9(6)11-10(12(15)16)14-7(2)17-11/h3-5H,1-2H3,(H,15,16).